The monoisotopic (exact) mass is 385 g/mol. The lowest BCUT2D eigenvalue weighted by molar-refractivity contribution is -0.117. The summed E-state index contributed by atoms with van der Waals surface area (Å²) in [6.07, 6.45) is 0.235. The fourth-order valence-electron chi connectivity index (χ4n) is 3.06. The summed E-state index contributed by atoms with van der Waals surface area (Å²) in [6.45, 7) is 0.401. The minimum absolute atomic E-state index is 0.0440. The van der Waals surface area contributed by atoms with Crippen LogP contribution >= 0.6 is 0 Å². The van der Waals surface area contributed by atoms with E-state index in [1.165, 1.54) is 7.11 Å². The van der Waals surface area contributed by atoms with Crippen molar-refractivity contribution in [1.29, 1.82) is 0 Å². The smallest absolute Gasteiger partial charge is 0.319 e. The molecule has 0 unspecified atom stereocenters. The van der Waals surface area contributed by atoms with Gasteiger partial charge in [-0.05, 0) is 36.4 Å². The van der Waals surface area contributed by atoms with Gasteiger partial charge >= 0.3 is 6.03 Å². The van der Waals surface area contributed by atoms with Crippen molar-refractivity contribution >= 4 is 23.3 Å². The van der Waals surface area contributed by atoms with Crippen LogP contribution in [0.5, 0.6) is 17.2 Å². The van der Waals surface area contributed by atoms with Gasteiger partial charge in [-0.1, -0.05) is 0 Å². The molecule has 0 saturated carbocycles. The lowest BCUT2D eigenvalue weighted by Crippen LogP contribution is -2.39. The van der Waals surface area contributed by atoms with E-state index in [4.69, 9.17) is 14.2 Å². The number of amides is 3. The molecule has 0 aliphatic carbocycles. The molecule has 1 heterocycles. The number of carbonyl (C=O) groups excluding carboxylic acids is 2. The second kappa shape index (κ2) is 8.51. The van der Waals surface area contributed by atoms with E-state index in [9.17, 15) is 9.59 Å². The number of nitrogens with zero attached hydrogens (tertiary/aromatic N) is 1. The van der Waals surface area contributed by atoms with Crippen molar-refractivity contribution in [3.8, 4) is 17.2 Å². The molecule has 2 aromatic carbocycles. The van der Waals surface area contributed by atoms with Crippen molar-refractivity contribution < 1.29 is 23.8 Å². The van der Waals surface area contributed by atoms with E-state index in [0.29, 0.717) is 23.7 Å². The van der Waals surface area contributed by atoms with E-state index in [0.717, 1.165) is 11.4 Å². The molecule has 0 aromatic heterocycles. The number of ether oxygens (including phenoxy) is 3. The molecule has 28 heavy (non-hydrogen) atoms. The van der Waals surface area contributed by atoms with E-state index < -0.39 is 6.03 Å². The number of methoxy groups -OCH3 is 3. The predicted octanol–water partition coefficient (Wildman–Crippen LogP) is 2.64. The van der Waals surface area contributed by atoms with Gasteiger partial charge in [0.2, 0.25) is 5.91 Å². The number of urea groups is 1. The highest BCUT2D eigenvalue weighted by Crippen LogP contribution is 2.29. The molecule has 2 aromatic rings. The molecule has 0 bridgehead atoms. The van der Waals surface area contributed by atoms with E-state index in [-0.39, 0.29) is 18.4 Å². The minimum atomic E-state index is -0.405. The summed E-state index contributed by atoms with van der Waals surface area (Å²) < 4.78 is 15.6. The maximum atomic E-state index is 12.4. The first-order valence-electron chi connectivity index (χ1n) is 8.78. The van der Waals surface area contributed by atoms with Gasteiger partial charge in [0.15, 0.2) is 0 Å². The average Bonchev–Trinajstić information content (AvgIpc) is 3.08. The van der Waals surface area contributed by atoms with Gasteiger partial charge in [-0.3, -0.25) is 4.79 Å². The molecule has 8 nitrogen and oxygen atoms in total. The molecule has 8 heteroatoms. The van der Waals surface area contributed by atoms with Crippen molar-refractivity contribution in [1.82, 2.24) is 5.32 Å². The third-order valence-corrected chi connectivity index (χ3v) is 4.50. The van der Waals surface area contributed by atoms with Crippen LogP contribution in [0.1, 0.15) is 6.42 Å². The second-order valence-electron chi connectivity index (χ2n) is 6.27. The number of benzene rings is 2. The summed E-state index contributed by atoms with van der Waals surface area (Å²) in [6, 6.07) is 11.6. The highest BCUT2D eigenvalue weighted by Gasteiger charge is 2.31. The second-order valence-corrected chi connectivity index (χ2v) is 6.27. The zero-order valence-corrected chi connectivity index (χ0v) is 16.0. The molecule has 3 amide bonds. The highest BCUT2D eigenvalue weighted by atomic mass is 16.5. The summed E-state index contributed by atoms with van der Waals surface area (Å²) in [5, 5.41) is 5.58. The van der Waals surface area contributed by atoms with Crippen LogP contribution in [0.4, 0.5) is 16.2 Å². The molecule has 0 spiro atoms. The Labute approximate surface area is 163 Å². The first-order valence-corrected chi connectivity index (χ1v) is 8.78. The van der Waals surface area contributed by atoms with Crippen LogP contribution < -0.4 is 29.7 Å². The Kier molecular flexibility index (Phi) is 5.88. The lowest BCUT2D eigenvalue weighted by Gasteiger charge is -2.18. The number of nitrogens with one attached hydrogen (secondary N) is 2. The largest absolute Gasteiger partial charge is 0.497 e. The van der Waals surface area contributed by atoms with E-state index in [1.807, 2.05) is 12.1 Å². The molecule has 1 saturated heterocycles. The molecule has 1 atom stereocenters. The van der Waals surface area contributed by atoms with E-state index in [2.05, 4.69) is 10.6 Å². The van der Waals surface area contributed by atoms with Gasteiger partial charge in [0.25, 0.3) is 0 Å². The Balaban J connectivity index is 1.61. The molecule has 2 N–H and O–H groups in total. The van der Waals surface area contributed by atoms with Gasteiger partial charge in [0, 0.05) is 24.7 Å². The summed E-state index contributed by atoms with van der Waals surface area (Å²) >= 11 is 0. The highest BCUT2D eigenvalue weighted by molar-refractivity contribution is 5.98. The molecule has 1 aliphatic heterocycles. The molecule has 3 rings (SSSR count). The SMILES string of the molecule is COc1ccc(N2C[C@H](NC(=O)Nc3ccc(OC)cc3OC)CC2=O)cc1. The van der Waals surface area contributed by atoms with Crippen LogP contribution in [-0.2, 0) is 4.79 Å². The third kappa shape index (κ3) is 4.28. The number of carbonyl (C=O) groups is 2. The standard InChI is InChI=1S/C20H23N3O5/c1-26-15-6-4-14(5-7-15)23-12-13(10-19(23)24)21-20(25)22-17-9-8-16(27-2)11-18(17)28-3/h4-9,11,13H,10,12H2,1-3H3,(H2,21,22,25)/t13-/m1/s1. The lowest BCUT2D eigenvalue weighted by atomic mass is 10.2. The topological polar surface area (TPSA) is 89.1 Å². The Morgan fingerprint density at radius 2 is 1.68 bits per heavy atom. The number of hydrogen-bond donors (Lipinski definition) is 2. The fourth-order valence-corrected chi connectivity index (χ4v) is 3.06. The first kappa shape index (κ1) is 19.3. The number of anilines is 2. The van der Waals surface area contributed by atoms with Crippen LogP contribution in [0.15, 0.2) is 42.5 Å². The van der Waals surface area contributed by atoms with Crippen LogP contribution in [0.25, 0.3) is 0 Å². The fraction of sp³-hybridized carbons (Fsp3) is 0.300. The molecule has 0 radical (unpaired) electrons. The Morgan fingerprint density at radius 1 is 1.00 bits per heavy atom. The van der Waals surface area contributed by atoms with Gasteiger partial charge in [0.05, 0.1) is 33.1 Å². The normalized spacial score (nSPS) is 15.9. The van der Waals surface area contributed by atoms with E-state index >= 15 is 0 Å². The molecular formula is C20H23N3O5. The zero-order chi connectivity index (χ0) is 20.1. The van der Waals surface area contributed by atoms with Gasteiger partial charge in [0.1, 0.15) is 17.2 Å². The van der Waals surface area contributed by atoms with Crippen molar-refractivity contribution in [3.05, 3.63) is 42.5 Å². The van der Waals surface area contributed by atoms with E-state index in [1.54, 1.807) is 49.5 Å². The Hall–Kier alpha value is -3.42. The molecule has 1 fully saturated rings. The van der Waals surface area contributed by atoms with Crippen molar-refractivity contribution in [3.63, 3.8) is 0 Å². The predicted molar refractivity (Wildman–Crippen MR) is 105 cm³/mol. The molecular weight excluding hydrogens is 362 g/mol. The summed E-state index contributed by atoms with van der Waals surface area (Å²) in [7, 11) is 4.66. The number of hydrogen-bond acceptors (Lipinski definition) is 5. The van der Waals surface area contributed by atoms with Gasteiger partial charge < -0.3 is 29.7 Å². The molecule has 148 valence electrons. The number of rotatable bonds is 6. The minimum Gasteiger partial charge on any atom is -0.497 e. The summed E-state index contributed by atoms with van der Waals surface area (Å²) in [5.74, 6) is 1.78. The van der Waals surface area contributed by atoms with Crippen molar-refractivity contribution in [2.45, 2.75) is 12.5 Å². The van der Waals surface area contributed by atoms with Gasteiger partial charge in [-0.15, -0.1) is 0 Å². The third-order valence-electron chi connectivity index (χ3n) is 4.50. The molecule has 1 aliphatic rings. The van der Waals surface area contributed by atoms with Crippen molar-refractivity contribution in [2.75, 3.05) is 38.1 Å². The van der Waals surface area contributed by atoms with Crippen molar-refractivity contribution in [2.24, 2.45) is 0 Å². The average molecular weight is 385 g/mol. The van der Waals surface area contributed by atoms with Gasteiger partial charge in [-0.2, -0.15) is 0 Å². The summed E-state index contributed by atoms with van der Waals surface area (Å²) in [4.78, 5) is 26.4. The first-order chi connectivity index (χ1) is 13.5. The van der Waals surface area contributed by atoms with Gasteiger partial charge in [-0.25, -0.2) is 4.79 Å². The quantitative estimate of drug-likeness (QED) is 0.798. The van der Waals surface area contributed by atoms with Crippen LogP contribution in [-0.4, -0.2) is 45.9 Å². The Bertz CT molecular complexity index is 853. The van der Waals surface area contributed by atoms with Crippen LogP contribution in [0.2, 0.25) is 0 Å². The maximum Gasteiger partial charge on any atom is 0.319 e. The van der Waals surface area contributed by atoms with Crippen LogP contribution in [0.3, 0.4) is 0 Å². The Morgan fingerprint density at radius 3 is 2.32 bits per heavy atom. The zero-order valence-electron chi connectivity index (χ0n) is 16.0. The van der Waals surface area contributed by atoms with Crippen LogP contribution in [0, 0.1) is 0 Å². The summed E-state index contributed by atoms with van der Waals surface area (Å²) in [5.41, 5.74) is 1.28. The maximum absolute atomic E-state index is 12.4.